The summed E-state index contributed by atoms with van der Waals surface area (Å²) in [6.45, 7) is 0.395. The fourth-order valence-corrected chi connectivity index (χ4v) is 2.96. The van der Waals surface area contributed by atoms with Crippen LogP contribution in [0.15, 0.2) is 36.5 Å². The first kappa shape index (κ1) is 17.1. The molecule has 0 saturated carbocycles. The van der Waals surface area contributed by atoms with E-state index in [1.807, 2.05) is 6.20 Å². The number of carbonyl (C=O) groups excluding carboxylic acids is 1. The van der Waals surface area contributed by atoms with Crippen molar-refractivity contribution in [2.24, 2.45) is 0 Å². The Morgan fingerprint density at radius 2 is 2.22 bits per heavy atom. The summed E-state index contributed by atoms with van der Waals surface area (Å²) in [6.07, 6.45) is 4.93. The van der Waals surface area contributed by atoms with Gasteiger partial charge in [-0.05, 0) is 43.0 Å². The van der Waals surface area contributed by atoms with Crippen LogP contribution in [0.3, 0.4) is 0 Å². The number of fused-ring (bicyclic) bond motifs is 1. The highest BCUT2D eigenvalue weighted by molar-refractivity contribution is 5.92. The standard InChI is InChI=1S/C19H18FN5O2/c20-13-4-2-5-15(7-13)27-11-14-8-17(25-24-14)19(26)22-10-18-21-9-12-3-1-6-16(12)23-18/h2,4-5,7-9H,1,3,6,10-11H2,(H,22,26)(H,24,25). The Kier molecular flexibility index (Phi) is 4.78. The molecule has 8 heteroatoms. The van der Waals surface area contributed by atoms with E-state index in [2.05, 4.69) is 25.5 Å². The number of hydrogen-bond acceptors (Lipinski definition) is 5. The van der Waals surface area contributed by atoms with Crippen molar-refractivity contribution in [2.75, 3.05) is 0 Å². The van der Waals surface area contributed by atoms with Gasteiger partial charge in [0.25, 0.3) is 5.91 Å². The van der Waals surface area contributed by atoms with Crippen molar-refractivity contribution in [3.63, 3.8) is 0 Å². The molecule has 2 heterocycles. The minimum absolute atomic E-state index is 0.150. The van der Waals surface area contributed by atoms with Crippen molar-refractivity contribution >= 4 is 5.91 Å². The molecule has 2 N–H and O–H groups in total. The number of aromatic nitrogens is 4. The number of hydrogen-bond donors (Lipinski definition) is 2. The molecule has 1 aromatic carbocycles. The third-order valence-corrected chi connectivity index (χ3v) is 4.32. The number of ether oxygens (including phenoxy) is 1. The molecular formula is C19H18FN5O2. The molecule has 0 atom stereocenters. The summed E-state index contributed by atoms with van der Waals surface area (Å²) < 4.78 is 18.6. The number of benzene rings is 1. The van der Waals surface area contributed by atoms with Gasteiger partial charge >= 0.3 is 0 Å². The maximum atomic E-state index is 13.1. The number of aryl methyl sites for hydroxylation is 2. The Morgan fingerprint density at radius 3 is 3.11 bits per heavy atom. The van der Waals surface area contributed by atoms with Gasteiger partial charge in [-0.2, -0.15) is 5.10 Å². The molecule has 0 unspecified atom stereocenters. The molecule has 4 rings (SSSR count). The number of rotatable bonds is 6. The van der Waals surface area contributed by atoms with Crippen LogP contribution in [-0.2, 0) is 26.0 Å². The molecule has 7 nitrogen and oxygen atoms in total. The second-order valence-corrected chi connectivity index (χ2v) is 6.32. The minimum Gasteiger partial charge on any atom is -0.487 e. The van der Waals surface area contributed by atoms with Crippen LogP contribution >= 0.6 is 0 Å². The lowest BCUT2D eigenvalue weighted by Gasteiger charge is -2.04. The zero-order chi connectivity index (χ0) is 18.6. The number of halogens is 1. The van der Waals surface area contributed by atoms with E-state index < -0.39 is 0 Å². The highest BCUT2D eigenvalue weighted by atomic mass is 19.1. The van der Waals surface area contributed by atoms with Crippen molar-refractivity contribution in [3.05, 3.63) is 70.8 Å². The Morgan fingerprint density at radius 1 is 1.30 bits per heavy atom. The van der Waals surface area contributed by atoms with Crippen LogP contribution in [0.4, 0.5) is 4.39 Å². The lowest BCUT2D eigenvalue weighted by molar-refractivity contribution is 0.0945. The van der Waals surface area contributed by atoms with Gasteiger partial charge in [0, 0.05) is 18.0 Å². The van der Waals surface area contributed by atoms with Gasteiger partial charge in [-0.25, -0.2) is 14.4 Å². The monoisotopic (exact) mass is 367 g/mol. The van der Waals surface area contributed by atoms with Crippen LogP contribution in [0, 0.1) is 5.82 Å². The second-order valence-electron chi connectivity index (χ2n) is 6.32. The maximum Gasteiger partial charge on any atom is 0.272 e. The van der Waals surface area contributed by atoms with Crippen molar-refractivity contribution in [1.82, 2.24) is 25.5 Å². The van der Waals surface area contributed by atoms with E-state index in [1.165, 1.54) is 17.7 Å². The van der Waals surface area contributed by atoms with E-state index in [1.54, 1.807) is 18.2 Å². The molecule has 27 heavy (non-hydrogen) atoms. The Labute approximate surface area is 155 Å². The highest BCUT2D eigenvalue weighted by Crippen LogP contribution is 2.18. The van der Waals surface area contributed by atoms with Gasteiger partial charge in [-0.1, -0.05) is 6.07 Å². The van der Waals surface area contributed by atoms with Crippen molar-refractivity contribution in [3.8, 4) is 5.75 Å². The smallest absolute Gasteiger partial charge is 0.272 e. The first-order chi connectivity index (χ1) is 13.2. The fourth-order valence-electron chi connectivity index (χ4n) is 2.96. The number of amides is 1. The summed E-state index contributed by atoms with van der Waals surface area (Å²) >= 11 is 0. The van der Waals surface area contributed by atoms with Gasteiger partial charge in [0.15, 0.2) is 0 Å². The second kappa shape index (κ2) is 7.53. The van der Waals surface area contributed by atoms with Gasteiger partial charge in [0.1, 0.15) is 29.7 Å². The maximum absolute atomic E-state index is 13.1. The molecule has 2 aromatic heterocycles. The number of H-pyrrole nitrogens is 1. The quantitative estimate of drug-likeness (QED) is 0.698. The third-order valence-electron chi connectivity index (χ3n) is 4.32. The molecule has 0 radical (unpaired) electrons. The van der Waals surface area contributed by atoms with Gasteiger partial charge in [0.05, 0.1) is 12.2 Å². The van der Waals surface area contributed by atoms with Crippen LogP contribution < -0.4 is 10.1 Å². The number of nitrogens with zero attached hydrogens (tertiary/aromatic N) is 3. The lowest BCUT2D eigenvalue weighted by Crippen LogP contribution is -2.24. The highest BCUT2D eigenvalue weighted by Gasteiger charge is 2.15. The first-order valence-corrected chi connectivity index (χ1v) is 8.72. The summed E-state index contributed by atoms with van der Waals surface area (Å²) in [7, 11) is 0. The van der Waals surface area contributed by atoms with E-state index >= 15 is 0 Å². The normalized spacial score (nSPS) is 12.6. The third kappa shape index (κ3) is 4.11. The molecule has 0 saturated heterocycles. The molecule has 138 valence electrons. The molecule has 1 aliphatic rings. The van der Waals surface area contributed by atoms with Crippen molar-refractivity contribution < 1.29 is 13.9 Å². The molecule has 0 spiro atoms. The lowest BCUT2D eigenvalue weighted by atomic mass is 10.3. The topological polar surface area (TPSA) is 92.8 Å². The molecular weight excluding hydrogens is 349 g/mol. The molecule has 0 fully saturated rings. The number of aromatic amines is 1. The zero-order valence-electron chi connectivity index (χ0n) is 14.5. The minimum atomic E-state index is -0.369. The number of carbonyl (C=O) groups is 1. The Bertz CT molecular complexity index is 972. The SMILES string of the molecule is O=C(NCc1ncc2c(n1)CCC2)c1cc(COc2cccc(F)c2)[nH]n1. The first-order valence-electron chi connectivity index (χ1n) is 8.72. The summed E-state index contributed by atoms with van der Waals surface area (Å²) in [5, 5.41) is 9.49. The van der Waals surface area contributed by atoms with E-state index in [4.69, 9.17) is 4.74 Å². The predicted octanol–water partition coefficient (Wildman–Crippen LogP) is 2.34. The van der Waals surface area contributed by atoms with Crippen LogP contribution in [0.25, 0.3) is 0 Å². The summed E-state index contributed by atoms with van der Waals surface area (Å²) in [4.78, 5) is 21.0. The van der Waals surface area contributed by atoms with Crippen LogP contribution in [-0.4, -0.2) is 26.1 Å². The molecule has 1 amide bonds. The van der Waals surface area contributed by atoms with Crippen molar-refractivity contribution in [2.45, 2.75) is 32.4 Å². The van der Waals surface area contributed by atoms with Crippen LogP contribution in [0.1, 0.15) is 39.7 Å². The average Bonchev–Trinajstić information content (AvgIpc) is 3.33. The molecule has 0 bridgehead atoms. The zero-order valence-corrected chi connectivity index (χ0v) is 14.5. The van der Waals surface area contributed by atoms with E-state index in [-0.39, 0.29) is 30.6 Å². The largest absolute Gasteiger partial charge is 0.487 e. The summed E-state index contributed by atoms with van der Waals surface area (Å²) in [5.74, 6) is 0.303. The summed E-state index contributed by atoms with van der Waals surface area (Å²) in [5.41, 5.74) is 3.12. The van der Waals surface area contributed by atoms with Crippen LogP contribution in [0.5, 0.6) is 5.75 Å². The van der Waals surface area contributed by atoms with E-state index in [0.29, 0.717) is 17.3 Å². The Hall–Kier alpha value is -3.29. The number of nitrogens with one attached hydrogen (secondary N) is 2. The fraction of sp³-hybridized carbons (Fsp3) is 0.263. The predicted molar refractivity (Wildman–Crippen MR) is 94.5 cm³/mol. The van der Waals surface area contributed by atoms with Crippen molar-refractivity contribution in [1.29, 1.82) is 0 Å². The van der Waals surface area contributed by atoms with Gasteiger partial charge in [0.2, 0.25) is 0 Å². The molecule has 1 aliphatic carbocycles. The van der Waals surface area contributed by atoms with Gasteiger partial charge in [-0.3, -0.25) is 9.89 Å². The summed E-state index contributed by atoms with van der Waals surface area (Å²) in [6, 6.07) is 7.45. The molecule has 3 aromatic rings. The Balaban J connectivity index is 1.32. The van der Waals surface area contributed by atoms with E-state index in [0.717, 1.165) is 25.0 Å². The average molecular weight is 367 g/mol. The van der Waals surface area contributed by atoms with Crippen LogP contribution in [0.2, 0.25) is 0 Å². The van der Waals surface area contributed by atoms with E-state index in [9.17, 15) is 9.18 Å². The van der Waals surface area contributed by atoms with Gasteiger partial charge in [-0.15, -0.1) is 0 Å². The van der Waals surface area contributed by atoms with Gasteiger partial charge < -0.3 is 10.1 Å². The molecule has 0 aliphatic heterocycles.